The Morgan fingerprint density at radius 1 is 1.47 bits per heavy atom. The summed E-state index contributed by atoms with van der Waals surface area (Å²) in [5.74, 6) is 0.737. The summed E-state index contributed by atoms with van der Waals surface area (Å²) in [6, 6.07) is 0. The van der Waals surface area contributed by atoms with Gasteiger partial charge in [-0.2, -0.15) is 9.97 Å². The van der Waals surface area contributed by atoms with Gasteiger partial charge in [0.25, 0.3) is 0 Å². The molecular formula is C11H14N6O2. The van der Waals surface area contributed by atoms with Crippen LogP contribution in [0, 0.1) is 0 Å². The minimum Gasteiger partial charge on any atom is -0.393 e. The normalized spacial score (nSPS) is 22.2. The highest BCUT2D eigenvalue weighted by Crippen LogP contribution is 2.27. The number of fused-ring (bicyclic) bond motifs is 1. The number of hydrogen-bond acceptors (Lipinski definition) is 7. The molecule has 1 aliphatic heterocycles. The lowest BCUT2D eigenvalue weighted by molar-refractivity contribution is -0.00638. The van der Waals surface area contributed by atoms with E-state index >= 15 is 0 Å². The molecule has 100 valence electrons. The highest BCUT2D eigenvalue weighted by Gasteiger charge is 2.23. The SMILES string of the molecule is CNc1nc(N)nc2c1ncn2[C@H]1C=C[C@@H](CO)O1. The Morgan fingerprint density at radius 3 is 3.00 bits per heavy atom. The van der Waals surface area contributed by atoms with Crippen molar-refractivity contribution in [3.8, 4) is 0 Å². The van der Waals surface area contributed by atoms with E-state index in [1.54, 1.807) is 24.0 Å². The molecule has 0 spiro atoms. The van der Waals surface area contributed by atoms with Gasteiger partial charge >= 0.3 is 0 Å². The van der Waals surface area contributed by atoms with Crippen LogP contribution in [0.4, 0.5) is 11.8 Å². The summed E-state index contributed by atoms with van der Waals surface area (Å²) in [6.07, 6.45) is 4.62. The van der Waals surface area contributed by atoms with Gasteiger partial charge in [-0.05, 0) is 6.08 Å². The molecule has 0 bridgehead atoms. The lowest BCUT2D eigenvalue weighted by Crippen LogP contribution is -2.15. The summed E-state index contributed by atoms with van der Waals surface area (Å²) >= 11 is 0. The molecular weight excluding hydrogens is 248 g/mol. The number of nitrogen functional groups attached to an aromatic ring is 1. The second-order valence-electron chi connectivity index (χ2n) is 4.14. The van der Waals surface area contributed by atoms with Gasteiger partial charge in [0.05, 0.1) is 12.9 Å². The predicted molar refractivity (Wildman–Crippen MR) is 69.4 cm³/mol. The monoisotopic (exact) mass is 262 g/mol. The molecule has 0 aliphatic carbocycles. The van der Waals surface area contributed by atoms with Gasteiger partial charge in [0.1, 0.15) is 6.10 Å². The van der Waals surface area contributed by atoms with Gasteiger partial charge in [0.2, 0.25) is 5.95 Å². The van der Waals surface area contributed by atoms with Crippen molar-refractivity contribution in [1.29, 1.82) is 0 Å². The van der Waals surface area contributed by atoms with Crippen LogP contribution in [0.1, 0.15) is 6.23 Å². The number of aliphatic hydroxyl groups excluding tert-OH is 1. The Morgan fingerprint density at radius 2 is 2.32 bits per heavy atom. The van der Waals surface area contributed by atoms with Crippen LogP contribution in [0.3, 0.4) is 0 Å². The molecule has 8 nitrogen and oxygen atoms in total. The highest BCUT2D eigenvalue weighted by molar-refractivity contribution is 5.84. The lowest BCUT2D eigenvalue weighted by atomic mass is 10.4. The number of ether oxygens (including phenoxy) is 1. The zero-order valence-electron chi connectivity index (χ0n) is 10.3. The smallest absolute Gasteiger partial charge is 0.224 e. The molecule has 3 rings (SSSR count). The van der Waals surface area contributed by atoms with Crippen molar-refractivity contribution in [3.63, 3.8) is 0 Å². The largest absolute Gasteiger partial charge is 0.393 e. The minimum atomic E-state index is -0.346. The molecule has 0 radical (unpaired) electrons. The van der Waals surface area contributed by atoms with Crippen LogP contribution in [0.25, 0.3) is 11.2 Å². The molecule has 2 aromatic heterocycles. The molecule has 19 heavy (non-hydrogen) atoms. The molecule has 1 aliphatic rings. The van der Waals surface area contributed by atoms with Crippen LogP contribution in [-0.2, 0) is 4.74 Å². The first-order valence-corrected chi connectivity index (χ1v) is 5.85. The zero-order chi connectivity index (χ0) is 13.4. The number of rotatable bonds is 3. The van der Waals surface area contributed by atoms with Gasteiger partial charge in [-0.1, -0.05) is 6.08 Å². The van der Waals surface area contributed by atoms with Crippen LogP contribution >= 0.6 is 0 Å². The third-order valence-electron chi connectivity index (χ3n) is 2.93. The van der Waals surface area contributed by atoms with E-state index in [4.69, 9.17) is 15.6 Å². The van der Waals surface area contributed by atoms with Gasteiger partial charge in [-0.25, -0.2) is 4.98 Å². The van der Waals surface area contributed by atoms with Crippen molar-refractivity contribution in [2.24, 2.45) is 0 Å². The van der Waals surface area contributed by atoms with E-state index in [0.29, 0.717) is 17.0 Å². The lowest BCUT2D eigenvalue weighted by Gasteiger charge is -2.14. The number of imidazole rings is 1. The average Bonchev–Trinajstić information content (AvgIpc) is 3.03. The predicted octanol–water partition coefficient (Wildman–Crippen LogP) is -0.104. The van der Waals surface area contributed by atoms with Gasteiger partial charge in [0.15, 0.2) is 23.2 Å². The van der Waals surface area contributed by atoms with Crippen LogP contribution < -0.4 is 11.1 Å². The summed E-state index contributed by atoms with van der Waals surface area (Å²) < 4.78 is 7.37. The van der Waals surface area contributed by atoms with Crippen molar-refractivity contribution in [2.45, 2.75) is 12.3 Å². The average molecular weight is 262 g/mol. The summed E-state index contributed by atoms with van der Waals surface area (Å²) in [5.41, 5.74) is 6.89. The number of nitrogens with two attached hydrogens (primary N) is 1. The Hall–Kier alpha value is -2.19. The van der Waals surface area contributed by atoms with Crippen molar-refractivity contribution in [2.75, 3.05) is 24.7 Å². The molecule has 8 heteroatoms. The third-order valence-corrected chi connectivity index (χ3v) is 2.93. The van der Waals surface area contributed by atoms with Gasteiger partial charge in [-0.3, -0.25) is 4.57 Å². The van der Waals surface area contributed by atoms with E-state index in [0.717, 1.165) is 0 Å². The number of nitrogens with zero attached hydrogens (tertiary/aromatic N) is 4. The molecule has 3 heterocycles. The standard InChI is InChI=1S/C11H14N6O2/c1-13-9-8-10(16-11(12)15-9)17(5-14-8)7-3-2-6(4-18)19-7/h2-3,5-7,18H,4H2,1H3,(H3,12,13,15,16)/t6-,7+/m0/s1. The van der Waals surface area contributed by atoms with E-state index in [1.165, 1.54) is 0 Å². The maximum absolute atomic E-state index is 9.06. The third kappa shape index (κ3) is 1.90. The van der Waals surface area contributed by atoms with Gasteiger partial charge < -0.3 is 20.9 Å². The van der Waals surface area contributed by atoms with Crippen LogP contribution in [-0.4, -0.2) is 44.4 Å². The fraction of sp³-hybridized carbons (Fsp3) is 0.364. The number of aromatic nitrogens is 4. The van der Waals surface area contributed by atoms with Crippen LogP contribution in [0.2, 0.25) is 0 Å². The zero-order valence-corrected chi connectivity index (χ0v) is 10.3. The van der Waals surface area contributed by atoms with E-state index < -0.39 is 0 Å². The second-order valence-corrected chi connectivity index (χ2v) is 4.14. The number of hydrogen-bond donors (Lipinski definition) is 3. The maximum atomic E-state index is 9.06. The van der Waals surface area contributed by atoms with Gasteiger partial charge in [0, 0.05) is 7.05 Å². The fourth-order valence-corrected chi connectivity index (χ4v) is 2.04. The molecule has 2 aromatic rings. The van der Waals surface area contributed by atoms with E-state index in [1.807, 2.05) is 6.08 Å². The topological polar surface area (TPSA) is 111 Å². The molecule has 0 fully saturated rings. The summed E-state index contributed by atoms with van der Waals surface area (Å²) in [5, 5.41) is 12.0. The first-order valence-electron chi connectivity index (χ1n) is 5.85. The van der Waals surface area contributed by atoms with Crippen molar-refractivity contribution in [3.05, 3.63) is 18.5 Å². The minimum absolute atomic E-state index is 0.0570. The molecule has 0 aromatic carbocycles. The second kappa shape index (κ2) is 4.48. The van der Waals surface area contributed by atoms with E-state index in [9.17, 15) is 0 Å². The Bertz CT molecular complexity index is 637. The first kappa shape index (κ1) is 11.9. The molecule has 0 saturated heterocycles. The molecule has 2 atom stereocenters. The van der Waals surface area contributed by atoms with Crippen molar-refractivity contribution >= 4 is 22.9 Å². The summed E-state index contributed by atoms with van der Waals surface area (Å²) in [4.78, 5) is 12.5. The van der Waals surface area contributed by atoms with E-state index in [2.05, 4.69) is 20.3 Å². The molecule has 0 unspecified atom stereocenters. The number of anilines is 2. The number of aliphatic hydroxyl groups is 1. The fourth-order valence-electron chi connectivity index (χ4n) is 2.04. The Balaban J connectivity index is 2.06. The first-order chi connectivity index (χ1) is 9.22. The Labute approximate surface area is 108 Å². The quantitative estimate of drug-likeness (QED) is 0.662. The summed E-state index contributed by atoms with van der Waals surface area (Å²) in [7, 11) is 1.74. The molecule has 0 saturated carbocycles. The Kier molecular flexibility index (Phi) is 2.80. The van der Waals surface area contributed by atoms with Crippen LogP contribution in [0.5, 0.6) is 0 Å². The van der Waals surface area contributed by atoms with Crippen LogP contribution in [0.15, 0.2) is 18.5 Å². The molecule has 4 N–H and O–H groups in total. The van der Waals surface area contributed by atoms with E-state index in [-0.39, 0.29) is 24.9 Å². The summed E-state index contributed by atoms with van der Waals surface area (Å²) in [6.45, 7) is -0.0570. The number of nitrogens with one attached hydrogen (secondary N) is 1. The maximum Gasteiger partial charge on any atom is 0.224 e. The van der Waals surface area contributed by atoms with Crippen molar-refractivity contribution < 1.29 is 9.84 Å². The van der Waals surface area contributed by atoms with Gasteiger partial charge in [-0.15, -0.1) is 0 Å². The van der Waals surface area contributed by atoms with Crippen molar-refractivity contribution in [1.82, 2.24) is 19.5 Å². The molecule has 0 amide bonds. The highest BCUT2D eigenvalue weighted by atomic mass is 16.5.